The van der Waals surface area contributed by atoms with Crippen LogP contribution in [-0.4, -0.2) is 47.7 Å². The van der Waals surface area contributed by atoms with Crippen LogP contribution < -0.4 is 4.90 Å². The molecule has 8 heteroatoms. The molecular formula is C21H19ClFN3O2S. The summed E-state index contributed by atoms with van der Waals surface area (Å²) in [4.78, 5) is 20.8. The van der Waals surface area contributed by atoms with Crippen LogP contribution in [0.25, 0.3) is 11.3 Å². The fourth-order valence-corrected chi connectivity index (χ4v) is 3.98. The molecule has 0 aliphatic carbocycles. The minimum atomic E-state index is -0.245. The zero-order valence-corrected chi connectivity index (χ0v) is 17.1. The number of benzene rings is 2. The Labute approximate surface area is 177 Å². The van der Waals surface area contributed by atoms with Gasteiger partial charge in [0, 0.05) is 42.5 Å². The Bertz CT molecular complexity index is 970. The lowest BCUT2D eigenvalue weighted by Gasteiger charge is -2.36. The van der Waals surface area contributed by atoms with Crippen molar-refractivity contribution in [1.29, 1.82) is 0 Å². The molecule has 1 aromatic heterocycles. The number of thioether (sulfide) groups is 1. The van der Waals surface area contributed by atoms with Crippen LogP contribution in [0.2, 0.25) is 5.02 Å². The number of piperazine rings is 1. The van der Waals surface area contributed by atoms with Gasteiger partial charge in [-0.25, -0.2) is 9.37 Å². The maximum Gasteiger partial charge on any atom is 0.256 e. The van der Waals surface area contributed by atoms with Crippen molar-refractivity contribution in [3.05, 3.63) is 65.6 Å². The summed E-state index contributed by atoms with van der Waals surface area (Å²) in [7, 11) is 0. The summed E-state index contributed by atoms with van der Waals surface area (Å²) in [5, 5.41) is 1.13. The number of halogens is 2. The fourth-order valence-electron chi connectivity index (χ4n) is 3.15. The van der Waals surface area contributed by atoms with E-state index in [1.165, 1.54) is 23.9 Å². The summed E-state index contributed by atoms with van der Waals surface area (Å²) in [6, 6.07) is 13.8. The minimum Gasteiger partial charge on any atom is -0.431 e. The van der Waals surface area contributed by atoms with E-state index in [-0.39, 0.29) is 17.5 Å². The van der Waals surface area contributed by atoms with Crippen LogP contribution in [0, 0.1) is 5.82 Å². The molecule has 0 unspecified atom stereocenters. The number of rotatable bonds is 5. The standard InChI is InChI=1S/C21H19ClFN3O2S/c22-16-3-1-15(2-4-16)19-13-24-21(28-19)29-14-20(27)26-11-9-25(10-12-26)18-7-5-17(23)6-8-18/h1-8,13H,9-12,14H2. The summed E-state index contributed by atoms with van der Waals surface area (Å²) in [6.07, 6.45) is 1.65. The van der Waals surface area contributed by atoms with Crippen LogP contribution in [0.15, 0.2) is 64.4 Å². The first-order valence-corrected chi connectivity index (χ1v) is 10.6. The van der Waals surface area contributed by atoms with E-state index >= 15 is 0 Å². The van der Waals surface area contributed by atoms with Gasteiger partial charge in [-0.1, -0.05) is 23.4 Å². The van der Waals surface area contributed by atoms with Crippen molar-refractivity contribution in [3.8, 4) is 11.3 Å². The lowest BCUT2D eigenvalue weighted by Crippen LogP contribution is -2.49. The molecule has 1 amide bonds. The number of oxazole rings is 1. The average Bonchev–Trinajstić information content (AvgIpc) is 3.22. The van der Waals surface area contributed by atoms with Gasteiger partial charge in [0.25, 0.3) is 5.22 Å². The lowest BCUT2D eigenvalue weighted by molar-refractivity contribution is -0.128. The van der Waals surface area contributed by atoms with Crippen LogP contribution in [0.4, 0.5) is 10.1 Å². The molecule has 0 spiro atoms. The quantitative estimate of drug-likeness (QED) is 0.553. The van der Waals surface area contributed by atoms with E-state index in [2.05, 4.69) is 9.88 Å². The Morgan fingerprint density at radius 3 is 2.45 bits per heavy atom. The minimum absolute atomic E-state index is 0.0556. The van der Waals surface area contributed by atoms with E-state index in [1.54, 1.807) is 30.5 Å². The lowest BCUT2D eigenvalue weighted by atomic mass is 10.2. The molecule has 0 atom stereocenters. The van der Waals surface area contributed by atoms with E-state index in [9.17, 15) is 9.18 Å². The highest BCUT2D eigenvalue weighted by molar-refractivity contribution is 7.99. The number of hydrogen-bond acceptors (Lipinski definition) is 5. The molecule has 0 saturated carbocycles. The number of anilines is 1. The normalized spacial score (nSPS) is 14.3. The second kappa shape index (κ2) is 8.88. The Hall–Kier alpha value is -2.51. The van der Waals surface area contributed by atoms with Crippen LogP contribution in [0.3, 0.4) is 0 Å². The fraction of sp³-hybridized carbons (Fsp3) is 0.238. The number of carbonyl (C=O) groups is 1. The van der Waals surface area contributed by atoms with Gasteiger partial charge in [0.2, 0.25) is 5.91 Å². The number of amides is 1. The molecule has 1 saturated heterocycles. The van der Waals surface area contributed by atoms with Gasteiger partial charge in [-0.2, -0.15) is 0 Å². The highest BCUT2D eigenvalue weighted by Crippen LogP contribution is 2.27. The van der Waals surface area contributed by atoms with Crippen molar-refractivity contribution in [2.75, 3.05) is 36.8 Å². The van der Waals surface area contributed by atoms with Crippen molar-refractivity contribution in [2.24, 2.45) is 0 Å². The molecule has 1 aliphatic rings. The Balaban J connectivity index is 1.27. The SMILES string of the molecule is O=C(CSc1ncc(-c2ccc(Cl)cc2)o1)N1CCN(c2ccc(F)cc2)CC1. The first kappa shape index (κ1) is 19.8. The third-order valence-electron chi connectivity index (χ3n) is 4.76. The molecule has 0 radical (unpaired) electrons. The van der Waals surface area contributed by atoms with Crippen LogP contribution in [0.5, 0.6) is 0 Å². The van der Waals surface area contributed by atoms with Gasteiger partial charge in [-0.15, -0.1) is 0 Å². The van der Waals surface area contributed by atoms with E-state index in [4.69, 9.17) is 16.0 Å². The smallest absolute Gasteiger partial charge is 0.256 e. The van der Waals surface area contributed by atoms with Crippen molar-refractivity contribution in [1.82, 2.24) is 9.88 Å². The largest absolute Gasteiger partial charge is 0.431 e. The van der Waals surface area contributed by atoms with Gasteiger partial charge in [0.1, 0.15) is 5.82 Å². The van der Waals surface area contributed by atoms with Gasteiger partial charge >= 0.3 is 0 Å². The van der Waals surface area contributed by atoms with Crippen LogP contribution >= 0.6 is 23.4 Å². The van der Waals surface area contributed by atoms with E-state index in [1.807, 2.05) is 17.0 Å². The predicted octanol–water partition coefficient (Wildman–Crippen LogP) is 4.58. The number of nitrogens with zero attached hydrogens (tertiary/aromatic N) is 3. The Kier molecular flexibility index (Phi) is 6.06. The van der Waals surface area contributed by atoms with E-state index in [0.29, 0.717) is 29.1 Å². The predicted molar refractivity (Wildman–Crippen MR) is 113 cm³/mol. The van der Waals surface area contributed by atoms with Crippen LogP contribution in [0.1, 0.15) is 0 Å². The van der Waals surface area contributed by atoms with Crippen molar-refractivity contribution >= 4 is 35.0 Å². The summed E-state index contributed by atoms with van der Waals surface area (Å²) in [6.45, 7) is 2.72. The number of carbonyl (C=O) groups excluding carboxylic acids is 1. The summed E-state index contributed by atoms with van der Waals surface area (Å²) >= 11 is 7.19. The second-order valence-corrected chi connectivity index (χ2v) is 7.99. The van der Waals surface area contributed by atoms with Gasteiger partial charge in [0.05, 0.1) is 11.9 Å². The molecule has 0 N–H and O–H groups in total. The topological polar surface area (TPSA) is 49.6 Å². The maximum atomic E-state index is 13.1. The highest BCUT2D eigenvalue weighted by Gasteiger charge is 2.22. The van der Waals surface area contributed by atoms with Crippen LogP contribution in [-0.2, 0) is 4.79 Å². The molecule has 5 nitrogen and oxygen atoms in total. The highest BCUT2D eigenvalue weighted by atomic mass is 35.5. The zero-order chi connectivity index (χ0) is 20.2. The van der Waals surface area contributed by atoms with Gasteiger partial charge in [-0.05, 0) is 48.5 Å². The summed E-state index contributed by atoms with van der Waals surface area (Å²) < 4.78 is 18.8. The van der Waals surface area contributed by atoms with E-state index < -0.39 is 0 Å². The third-order valence-corrected chi connectivity index (χ3v) is 5.84. The molecule has 4 rings (SSSR count). The molecule has 1 aliphatic heterocycles. The number of hydrogen-bond donors (Lipinski definition) is 0. The zero-order valence-electron chi connectivity index (χ0n) is 15.6. The number of aromatic nitrogens is 1. The molecule has 2 heterocycles. The Morgan fingerprint density at radius 1 is 1.07 bits per heavy atom. The van der Waals surface area contributed by atoms with Crippen molar-refractivity contribution < 1.29 is 13.6 Å². The molecular weight excluding hydrogens is 413 g/mol. The summed E-state index contributed by atoms with van der Waals surface area (Å²) in [5.41, 5.74) is 1.86. The van der Waals surface area contributed by atoms with Crippen molar-refractivity contribution in [3.63, 3.8) is 0 Å². The van der Waals surface area contributed by atoms with Crippen molar-refractivity contribution in [2.45, 2.75) is 5.22 Å². The second-order valence-electron chi connectivity index (χ2n) is 6.63. The monoisotopic (exact) mass is 431 g/mol. The maximum absolute atomic E-state index is 13.1. The average molecular weight is 432 g/mol. The molecule has 150 valence electrons. The molecule has 29 heavy (non-hydrogen) atoms. The van der Waals surface area contributed by atoms with E-state index in [0.717, 1.165) is 24.3 Å². The molecule has 2 aromatic carbocycles. The van der Waals surface area contributed by atoms with Gasteiger partial charge in [0.15, 0.2) is 5.76 Å². The molecule has 0 bridgehead atoms. The Morgan fingerprint density at radius 2 is 1.76 bits per heavy atom. The van der Waals surface area contributed by atoms with Gasteiger partial charge < -0.3 is 14.2 Å². The molecule has 3 aromatic rings. The third kappa shape index (κ3) is 4.92. The van der Waals surface area contributed by atoms with Gasteiger partial charge in [-0.3, -0.25) is 4.79 Å². The first-order valence-electron chi connectivity index (χ1n) is 9.21. The molecule has 1 fully saturated rings. The summed E-state index contributed by atoms with van der Waals surface area (Å²) in [5.74, 6) is 0.729. The first-order chi connectivity index (χ1) is 14.1.